The average molecular weight is 250 g/mol. The van der Waals surface area contributed by atoms with Crippen molar-refractivity contribution in [1.29, 1.82) is 0 Å². The molecule has 2 fully saturated rings. The molecule has 2 unspecified atom stereocenters. The first-order valence-corrected chi connectivity index (χ1v) is 6.61. The number of aromatic nitrogens is 1. The van der Waals surface area contributed by atoms with Crippen molar-refractivity contribution < 1.29 is 14.1 Å². The molecule has 1 aromatic heterocycles. The van der Waals surface area contributed by atoms with E-state index in [2.05, 4.69) is 5.16 Å². The van der Waals surface area contributed by atoms with Crippen molar-refractivity contribution in [3.8, 4) is 0 Å². The molecular formula is C13H18N2O3. The number of nitrogens with zero attached hydrogens (tertiary/aromatic N) is 2. The van der Waals surface area contributed by atoms with Crippen LogP contribution in [0, 0.1) is 6.92 Å². The smallest absolute Gasteiger partial charge is 0.276 e. The van der Waals surface area contributed by atoms with Gasteiger partial charge in [0, 0.05) is 12.6 Å². The maximum absolute atomic E-state index is 12.4. The Morgan fingerprint density at radius 1 is 1.44 bits per heavy atom. The third-order valence-electron chi connectivity index (χ3n) is 3.84. The van der Waals surface area contributed by atoms with Crippen LogP contribution in [0.5, 0.6) is 0 Å². The highest BCUT2D eigenvalue weighted by atomic mass is 16.5. The Morgan fingerprint density at radius 3 is 3.06 bits per heavy atom. The number of hydrogen-bond donors (Lipinski definition) is 0. The average Bonchev–Trinajstić information content (AvgIpc) is 2.84. The SMILES string of the molecule is Cc1cc(C(=O)N2CCOC3CCCCC32)no1. The minimum atomic E-state index is -0.0212. The number of hydrogen-bond acceptors (Lipinski definition) is 4. The normalized spacial score (nSPS) is 27.9. The predicted octanol–water partition coefficient (Wildman–Crippen LogP) is 1.77. The fourth-order valence-corrected chi connectivity index (χ4v) is 2.96. The van der Waals surface area contributed by atoms with Crippen LogP contribution in [-0.2, 0) is 4.74 Å². The highest BCUT2D eigenvalue weighted by molar-refractivity contribution is 5.92. The number of aryl methyl sites for hydroxylation is 1. The lowest BCUT2D eigenvalue weighted by molar-refractivity contribution is -0.0755. The van der Waals surface area contributed by atoms with Gasteiger partial charge < -0.3 is 14.2 Å². The molecule has 3 rings (SSSR count). The van der Waals surface area contributed by atoms with Crippen LogP contribution in [0.3, 0.4) is 0 Å². The Bertz CT molecular complexity index is 441. The Kier molecular flexibility index (Phi) is 3.07. The topological polar surface area (TPSA) is 55.6 Å². The van der Waals surface area contributed by atoms with Gasteiger partial charge in [-0.2, -0.15) is 0 Å². The summed E-state index contributed by atoms with van der Waals surface area (Å²) in [7, 11) is 0. The molecule has 5 nitrogen and oxygen atoms in total. The Labute approximate surface area is 106 Å². The molecule has 0 N–H and O–H groups in total. The molecule has 2 aliphatic rings. The molecule has 98 valence electrons. The van der Waals surface area contributed by atoms with E-state index in [0.717, 1.165) is 12.8 Å². The van der Waals surface area contributed by atoms with Gasteiger partial charge in [-0.3, -0.25) is 4.79 Å². The minimum Gasteiger partial charge on any atom is -0.374 e. The monoisotopic (exact) mass is 250 g/mol. The van der Waals surface area contributed by atoms with Crippen molar-refractivity contribution >= 4 is 5.91 Å². The lowest BCUT2D eigenvalue weighted by Gasteiger charge is -2.43. The predicted molar refractivity (Wildman–Crippen MR) is 64.3 cm³/mol. The molecule has 1 aliphatic carbocycles. The van der Waals surface area contributed by atoms with Gasteiger partial charge in [-0.15, -0.1) is 0 Å². The standard InChI is InChI=1S/C13H18N2O3/c1-9-8-10(14-18-9)13(16)15-6-7-17-12-5-3-2-4-11(12)15/h8,11-12H,2-7H2,1H3. The van der Waals surface area contributed by atoms with Crippen LogP contribution < -0.4 is 0 Å². The van der Waals surface area contributed by atoms with Gasteiger partial charge >= 0.3 is 0 Å². The molecule has 1 aromatic rings. The number of amides is 1. The largest absolute Gasteiger partial charge is 0.374 e. The molecule has 2 heterocycles. The summed E-state index contributed by atoms with van der Waals surface area (Å²) in [5.74, 6) is 0.652. The van der Waals surface area contributed by atoms with Crippen molar-refractivity contribution in [2.75, 3.05) is 13.2 Å². The Balaban J connectivity index is 1.79. The summed E-state index contributed by atoms with van der Waals surface area (Å²) in [5.41, 5.74) is 0.415. The van der Waals surface area contributed by atoms with Gasteiger partial charge in [0.15, 0.2) is 5.69 Å². The molecule has 18 heavy (non-hydrogen) atoms. The van der Waals surface area contributed by atoms with Crippen LogP contribution in [0.2, 0.25) is 0 Å². The van der Waals surface area contributed by atoms with E-state index in [4.69, 9.17) is 9.26 Å². The number of rotatable bonds is 1. The van der Waals surface area contributed by atoms with Crippen molar-refractivity contribution in [1.82, 2.24) is 10.1 Å². The summed E-state index contributed by atoms with van der Waals surface area (Å²) in [6.07, 6.45) is 4.68. The molecule has 0 radical (unpaired) electrons. The van der Waals surface area contributed by atoms with Crippen LogP contribution in [0.1, 0.15) is 41.9 Å². The first-order valence-electron chi connectivity index (χ1n) is 6.61. The Hall–Kier alpha value is -1.36. The van der Waals surface area contributed by atoms with E-state index in [1.165, 1.54) is 12.8 Å². The molecule has 0 aromatic carbocycles. The molecule has 1 amide bonds. The number of morpholine rings is 1. The number of fused-ring (bicyclic) bond motifs is 1. The van der Waals surface area contributed by atoms with Gasteiger partial charge in [0.05, 0.1) is 18.8 Å². The van der Waals surface area contributed by atoms with Crippen LogP contribution in [0.25, 0.3) is 0 Å². The van der Waals surface area contributed by atoms with E-state index >= 15 is 0 Å². The first-order chi connectivity index (χ1) is 8.75. The fraction of sp³-hybridized carbons (Fsp3) is 0.692. The Morgan fingerprint density at radius 2 is 2.28 bits per heavy atom. The van der Waals surface area contributed by atoms with Crippen molar-refractivity contribution in [2.45, 2.75) is 44.8 Å². The lowest BCUT2D eigenvalue weighted by Crippen LogP contribution is -2.54. The third kappa shape index (κ3) is 2.03. The zero-order valence-electron chi connectivity index (χ0n) is 10.6. The maximum Gasteiger partial charge on any atom is 0.276 e. The zero-order chi connectivity index (χ0) is 12.5. The van der Waals surface area contributed by atoms with E-state index in [-0.39, 0.29) is 18.1 Å². The van der Waals surface area contributed by atoms with E-state index in [9.17, 15) is 4.79 Å². The number of ether oxygens (including phenoxy) is 1. The minimum absolute atomic E-state index is 0.0212. The zero-order valence-corrected chi connectivity index (χ0v) is 10.6. The third-order valence-corrected chi connectivity index (χ3v) is 3.84. The maximum atomic E-state index is 12.4. The van der Waals surface area contributed by atoms with E-state index < -0.39 is 0 Å². The van der Waals surface area contributed by atoms with E-state index in [0.29, 0.717) is 24.6 Å². The van der Waals surface area contributed by atoms with Crippen LogP contribution in [0.15, 0.2) is 10.6 Å². The van der Waals surface area contributed by atoms with Crippen LogP contribution >= 0.6 is 0 Å². The highest BCUT2D eigenvalue weighted by Crippen LogP contribution is 2.29. The second-order valence-corrected chi connectivity index (χ2v) is 5.08. The molecule has 1 aliphatic heterocycles. The highest BCUT2D eigenvalue weighted by Gasteiger charge is 2.37. The summed E-state index contributed by atoms with van der Waals surface area (Å²) in [5, 5.41) is 3.82. The first kappa shape index (κ1) is 11.7. The molecule has 1 saturated carbocycles. The summed E-state index contributed by atoms with van der Waals surface area (Å²) >= 11 is 0. The van der Waals surface area contributed by atoms with Gasteiger partial charge in [0.25, 0.3) is 5.91 Å². The summed E-state index contributed by atoms with van der Waals surface area (Å²) in [4.78, 5) is 14.3. The van der Waals surface area contributed by atoms with Crippen LogP contribution in [0.4, 0.5) is 0 Å². The second-order valence-electron chi connectivity index (χ2n) is 5.08. The molecule has 2 atom stereocenters. The second kappa shape index (κ2) is 4.72. The van der Waals surface area contributed by atoms with Crippen molar-refractivity contribution in [2.24, 2.45) is 0 Å². The molecule has 5 heteroatoms. The van der Waals surface area contributed by atoms with Gasteiger partial charge in [-0.1, -0.05) is 18.0 Å². The van der Waals surface area contributed by atoms with Gasteiger partial charge in [-0.25, -0.2) is 0 Å². The number of carbonyl (C=O) groups is 1. The molecule has 0 bridgehead atoms. The summed E-state index contributed by atoms with van der Waals surface area (Å²) < 4.78 is 10.7. The lowest BCUT2D eigenvalue weighted by atomic mass is 9.90. The molecule has 0 spiro atoms. The van der Waals surface area contributed by atoms with Gasteiger partial charge in [0.2, 0.25) is 0 Å². The van der Waals surface area contributed by atoms with Crippen LogP contribution in [-0.4, -0.2) is 41.3 Å². The van der Waals surface area contributed by atoms with E-state index in [1.807, 2.05) is 4.90 Å². The van der Waals surface area contributed by atoms with Gasteiger partial charge in [-0.05, 0) is 19.8 Å². The molecular weight excluding hydrogens is 232 g/mol. The quantitative estimate of drug-likeness (QED) is 0.762. The summed E-state index contributed by atoms with van der Waals surface area (Å²) in [6, 6.07) is 1.92. The van der Waals surface area contributed by atoms with Crippen molar-refractivity contribution in [3.05, 3.63) is 17.5 Å². The van der Waals surface area contributed by atoms with Gasteiger partial charge in [0.1, 0.15) is 5.76 Å². The van der Waals surface area contributed by atoms with E-state index in [1.54, 1.807) is 13.0 Å². The molecule has 1 saturated heterocycles. The summed E-state index contributed by atoms with van der Waals surface area (Å²) in [6.45, 7) is 3.09. The fourth-order valence-electron chi connectivity index (χ4n) is 2.96. The van der Waals surface area contributed by atoms with Crippen molar-refractivity contribution in [3.63, 3.8) is 0 Å². The number of carbonyl (C=O) groups excluding carboxylic acids is 1.